The van der Waals surface area contributed by atoms with E-state index in [9.17, 15) is 10.1 Å². The van der Waals surface area contributed by atoms with Gasteiger partial charge in [0.25, 0.3) is 5.91 Å². The first-order valence-electron chi connectivity index (χ1n) is 8.52. The quantitative estimate of drug-likeness (QED) is 0.657. The van der Waals surface area contributed by atoms with E-state index in [4.69, 9.17) is 0 Å². The predicted molar refractivity (Wildman–Crippen MR) is 101 cm³/mol. The molecule has 1 amide bonds. The van der Waals surface area contributed by atoms with Crippen LogP contribution in [0.25, 0.3) is 0 Å². The Morgan fingerprint density at radius 2 is 1.84 bits per heavy atom. The summed E-state index contributed by atoms with van der Waals surface area (Å²) in [4.78, 5) is 18.6. The number of nitriles is 1. The molecule has 0 atom stereocenters. The van der Waals surface area contributed by atoms with Gasteiger partial charge in [-0.3, -0.25) is 4.79 Å². The average Bonchev–Trinajstić information content (AvgIpc) is 2.62. The number of piperidine rings is 1. The van der Waals surface area contributed by atoms with Crippen molar-refractivity contribution in [3.63, 3.8) is 0 Å². The van der Waals surface area contributed by atoms with Crippen molar-refractivity contribution in [1.29, 1.82) is 5.26 Å². The summed E-state index contributed by atoms with van der Waals surface area (Å²) in [5.74, 6) is -0.227. The lowest BCUT2D eigenvalue weighted by molar-refractivity contribution is -0.128. The summed E-state index contributed by atoms with van der Waals surface area (Å²) >= 11 is 0. The maximum Gasteiger partial charge on any atom is 0.266 e. The topological polar surface area (TPSA) is 62.6 Å². The molecule has 1 aliphatic rings. The molecule has 6 heteroatoms. The van der Waals surface area contributed by atoms with Crippen molar-refractivity contribution in [2.75, 3.05) is 51.5 Å². The molecule has 134 valence electrons. The maximum absolute atomic E-state index is 12.6. The molecule has 0 aliphatic carbocycles. The monoisotopic (exact) mass is 341 g/mol. The number of benzene rings is 1. The Morgan fingerprint density at radius 1 is 1.24 bits per heavy atom. The van der Waals surface area contributed by atoms with Crippen LogP contribution in [0.3, 0.4) is 0 Å². The predicted octanol–water partition coefficient (Wildman–Crippen LogP) is 2.12. The third kappa shape index (κ3) is 4.97. The zero-order chi connectivity index (χ0) is 18.4. The minimum absolute atomic E-state index is 0.123. The van der Waals surface area contributed by atoms with Gasteiger partial charge in [-0.25, -0.2) is 0 Å². The SMILES string of the molecule is CN1CCC(N(C)C(=O)/C(C#N)=C\Nc2ccc(N(C)C)cc2)CC1. The molecule has 0 radical (unpaired) electrons. The van der Waals surface area contributed by atoms with Gasteiger partial charge in [0.2, 0.25) is 0 Å². The highest BCUT2D eigenvalue weighted by molar-refractivity contribution is 5.97. The van der Waals surface area contributed by atoms with Gasteiger partial charge < -0.3 is 20.0 Å². The largest absolute Gasteiger partial charge is 0.378 e. The molecule has 1 heterocycles. The lowest BCUT2D eigenvalue weighted by Crippen LogP contribution is -2.44. The van der Waals surface area contributed by atoms with Crippen LogP contribution in [0, 0.1) is 11.3 Å². The molecule has 0 aromatic heterocycles. The van der Waals surface area contributed by atoms with Crippen LogP contribution in [-0.4, -0.2) is 63.0 Å². The molecule has 0 saturated carbocycles. The Balaban J connectivity index is 2.01. The number of nitrogens with one attached hydrogen (secondary N) is 1. The van der Waals surface area contributed by atoms with Crippen LogP contribution in [0.5, 0.6) is 0 Å². The van der Waals surface area contributed by atoms with Crippen molar-refractivity contribution in [3.05, 3.63) is 36.0 Å². The summed E-state index contributed by atoms with van der Waals surface area (Å²) in [5.41, 5.74) is 2.05. The molecule has 1 aromatic rings. The third-order valence-corrected chi connectivity index (χ3v) is 4.67. The fraction of sp³-hybridized carbons (Fsp3) is 0.474. The van der Waals surface area contributed by atoms with Crippen molar-refractivity contribution < 1.29 is 4.79 Å². The lowest BCUT2D eigenvalue weighted by Gasteiger charge is -2.34. The van der Waals surface area contributed by atoms with Gasteiger partial charge >= 0.3 is 0 Å². The van der Waals surface area contributed by atoms with E-state index in [1.54, 1.807) is 11.9 Å². The molecular weight excluding hydrogens is 314 g/mol. The van der Waals surface area contributed by atoms with Gasteiger partial charge in [0.05, 0.1) is 0 Å². The maximum atomic E-state index is 12.6. The van der Waals surface area contributed by atoms with Crippen molar-refractivity contribution in [2.45, 2.75) is 18.9 Å². The number of likely N-dealkylation sites (tertiary alicyclic amines) is 1. The second-order valence-electron chi connectivity index (χ2n) is 6.71. The first kappa shape index (κ1) is 18.8. The zero-order valence-electron chi connectivity index (χ0n) is 15.5. The second kappa shape index (κ2) is 8.54. The number of amides is 1. The Morgan fingerprint density at radius 3 is 2.36 bits per heavy atom. The van der Waals surface area contributed by atoms with Crippen LogP contribution < -0.4 is 10.2 Å². The molecule has 2 rings (SSSR count). The van der Waals surface area contributed by atoms with Crippen molar-refractivity contribution >= 4 is 17.3 Å². The molecule has 1 aromatic carbocycles. The Kier molecular flexibility index (Phi) is 6.43. The zero-order valence-corrected chi connectivity index (χ0v) is 15.5. The van der Waals surface area contributed by atoms with Crippen molar-refractivity contribution in [2.24, 2.45) is 0 Å². The van der Waals surface area contributed by atoms with Crippen LogP contribution >= 0.6 is 0 Å². The highest BCUT2D eigenvalue weighted by atomic mass is 16.2. The van der Waals surface area contributed by atoms with Gasteiger partial charge in [0.15, 0.2) is 0 Å². The van der Waals surface area contributed by atoms with Crippen LogP contribution in [-0.2, 0) is 4.79 Å². The summed E-state index contributed by atoms with van der Waals surface area (Å²) in [5, 5.41) is 12.4. The van der Waals surface area contributed by atoms with Gasteiger partial charge in [-0.1, -0.05) is 0 Å². The highest BCUT2D eigenvalue weighted by Crippen LogP contribution is 2.18. The second-order valence-corrected chi connectivity index (χ2v) is 6.71. The standard InChI is InChI=1S/C19H27N5O/c1-22(2)17-7-5-16(6-8-17)21-14-15(13-20)19(25)24(4)18-9-11-23(3)12-10-18/h5-8,14,18,21H,9-12H2,1-4H3/b15-14-. The number of likely N-dealkylation sites (N-methyl/N-ethyl adjacent to an activating group) is 1. The Hall–Kier alpha value is -2.52. The summed E-state index contributed by atoms with van der Waals surface area (Å²) in [6.45, 7) is 1.95. The molecule has 1 fully saturated rings. The third-order valence-electron chi connectivity index (χ3n) is 4.67. The van der Waals surface area contributed by atoms with Crippen LogP contribution in [0.4, 0.5) is 11.4 Å². The average molecular weight is 341 g/mol. The number of nitrogens with zero attached hydrogens (tertiary/aromatic N) is 4. The van der Waals surface area contributed by atoms with E-state index in [1.807, 2.05) is 49.3 Å². The summed E-state index contributed by atoms with van der Waals surface area (Å²) in [6.07, 6.45) is 3.38. The van der Waals surface area contributed by atoms with E-state index in [0.717, 1.165) is 37.3 Å². The minimum atomic E-state index is -0.227. The summed E-state index contributed by atoms with van der Waals surface area (Å²) in [7, 11) is 7.83. The molecule has 1 aliphatic heterocycles. The highest BCUT2D eigenvalue weighted by Gasteiger charge is 2.25. The van der Waals surface area contributed by atoms with Gasteiger partial charge in [0.1, 0.15) is 11.6 Å². The number of carbonyl (C=O) groups excluding carboxylic acids is 1. The Labute approximate surface area is 150 Å². The summed E-state index contributed by atoms with van der Waals surface area (Å²) in [6, 6.07) is 10.0. The van der Waals surface area contributed by atoms with Crippen LogP contribution in [0.15, 0.2) is 36.0 Å². The lowest BCUT2D eigenvalue weighted by atomic mass is 10.0. The smallest absolute Gasteiger partial charge is 0.266 e. The molecule has 1 saturated heterocycles. The number of hydrogen-bond acceptors (Lipinski definition) is 5. The summed E-state index contributed by atoms with van der Waals surface area (Å²) < 4.78 is 0. The number of carbonyl (C=O) groups is 1. The first-order valence-corrected chi connectivity index (χ1v) is 8.52. The minimum Gasteiger partial charge on any atom is -0.378 e. The molecule has 0 unspecified atom stereocenters. The number of anilines is 2. The van der Waals surface area contributed by atoms with E-state index in [0.29, 0.717) is 0 Å². The fourth-order valence-electron chi connectivity index (χ4n) is 2.89. The van der Waals surface area contributed by atoms with E-state index in [1.165, 1.54) is 6.20 Å². The van der Waals surface area contributed by atoms with Crippen LogP contribution in [0.2, 0.25) is 0 Å². The molecule has 6 nitrogen and oxygen atoms in total. The van der Waals surface area contributed by atoms with Crippen LogP contribution in [0.1, 0.15) is 12.8 Å². The van der Waals surface area contributed by atoms with Gasteiger partial charge in [0, 0.05) is 44.8 Å². The van der Waals surface area contributed by atoms with E-state index in [2.05, 4.69) is 17.3 Å². The molecular formula is C19H27N5O. The molecule has 0 spiro atoms. The molecule has 25 heavy (non-hydrogen) atoms. The van der Waals surface area contributed by atoms with Gasteiger partial charge in [-0.15, -0.1) is 0 Å². The van der Waals surface area contributed by atoms with E-state index in [-0.39, 0.29) is 17.5 Å². The number of rotatable bonds is 5. The normalized spacial score (nSPS) is 16.2. The van der Waals surface area contributed by atoms with Gasteiger partial charge in [-0.2, -0.15) is 5.26 Å². The first-order chi connectivity index (χ1) is 11.9. The van der Waals surface area contributed by atoms with Crippen molar-refractivity contribution in [3.8, 4) is 6.07 Å². The van der Waals surface area contributed by atoms with E-state index >= 15 is 0 Å². The van der Waals surface area contributed by atoms with Gasteiger partial charge in [-0.05, 0) is 57.2 Å². The number of hydrogen-bond donors (Lipinski definition) is 1. The Bertz CT molecular complexity index is 651. The van der Waals surface area contributed by atoms with Crippen molar-refractivity contribution in [1.82, 2.24) is 9.80 Å². The molecule has 1 N–H and O–H groups in total. The van der Waals surface area contributed by atoms with E-state index < -0.39 is 0 Å². The molecule has 0 bridgehead atoms. The fourth-order valence-corrected chi connectivity index (χ4v) is 2.89.